The number of piperidine rings is 1. The number of unbranched alkanes of at least 4 members (excludes halogenated alkanes) is 1. The van der Waals surface area contributed by atoms with Crippen LogP contribution >= 0.6 is 0 Å². The van der Waals surface area contributed by atoms with Gasteiger partial charge in [0.05, 0.1) is 11.8 Å². The van der Waals surface area contributed by atoms with Gasteiger partial charge in [0.25, 0.3) is 0 Å². The molecule has 8 nitrogen and oxygen atoms in total. The van der Waals surface area contributed by atoms with Crippen molar-refractivity contribution < 1.29 is 14.7 Å². The monoisotopic (exact) mass is 487 g/mol. The summed E-state index contributed by atoms with van der Waals surface area (Å²) in [6, 6.07) is -0.566. The minimum absolute atomic E-state index is 0.0727. The molecule has 3 fully saturated rings. The molecule has 0 aromatic carbocycles. The third-order valence-electron chi connectivity index (χ3n) is 8.94. The van der Waals surface area contributed by atoms with Crippen molar-refractivity contribution in [2.75, 3.05) is 19.6 Å². The summed E-state index contributed by atoms with van der Waals surface area (Å²) in [6.07, 6.45) is 8.45. The van der Waals surface area contributed by atoms with Crippen molar-refractivity contribution in [1.82, 2.24) is 25.3 Å². The smallest absolute Gasteiger partial charge is 0.248 e. The fourth-order valence-electron chi connectivity index (χ4n) is 6.86. The Kier molecular flexibility index (Phi) is 8.21. The maximum Gasteiger partial charge on any atom is 0.248 e. The fourth-order valence-corrected chi connectivity index (χ4v) is 6.86. The lowest BCUT2D eigenvalue weighted by Crippen LogP contribution is -2.75. The van der Waals surface area contributed by atoms with Gasteiger partial charge in [-0.25, -0.2) is 0 Å². The van der Waals surface area contributed by atoms with Crippen molar-refractivity contribution in [3.63, 3.8) is 0 Å². The molecule has 35 heavy (non-hydrogen) atoms. The van der Waals surface area contributed by atoms with Crippen LogP contribution in [0.15, 0.2) is 0 Å². The molecule has 8 heteroatoms. The van der Waals surface area contributed by atoms with Crippen LogP contribution in [0, 0.1) is 19.8 Å². The van der Waals surface area contributed by atoms with E-state index in [2.05, 4.69) is 41.2 Å². The molecule has 2 saturated heterocycles. The van der Waals surface area contributed by atoms with Gasteiger partial charge in [0.15, 0.2) is 0 Å². The number of aromatic amines is 1. The first-order valence-electron chi connectivity index (χ1n) is 13.9. The Morgan fingerprint density at radius 3 is 2.37 bits per heavy atom. The Labute approximate surface area is 210 Å². The number of rotatable bonds is 8. The number of H-pyrrole nitrogens is 1. The Balaban J connectivity index is 1.53. The van der Waals surface area contributed by atoms with E-state index in [1.165, 1.54) is 12.0 Å². The number of piperazine rings is 1. The van der Waals surface area contributed by atoms with Gasteiger partial charge < -0.3 is 15.3 Å². The lowest BCUT2D eigenvalue weighted by molar-refractivity contribution is -0.166. The number of aryl methyl sites for hydroxylation is 2. The molecule has 3 heterocycles. The lowest BCUT2D eigenvalue weighted by Gasteiger charge is -2.53. The van der Waals surface area contributed by atoms with E-state index in [1.54, 1.807) is 0 Å². The number of carbonyl (C=O) groups is 2. The van der Waals surface area contributed by atoms with Gasteiger partial charge in [-0.2, -0.15) is 5.10 Å². The summed E-state index contributed by atoms with van der Waals surface area (Å²) in [5.41, 5.74) is 2.57. The van der Waals surface area contributed by atoms with Crippen molar-refractivity contribution in [3.8, 4) is 0 Å². The normalized spacial score (nSPS) is 25.6. The minimum atomic E-state index is -0.815. The van der Waals surface area contributed by atoms with E-state index >= 15 is 0 Å². The van der Waals surface area contributed by atoms with Gasteiger partial charge in [-0.3, -0.25) is 19.6 Å². The first-order valence-corrected chi connectivity index (χ1v) is 13.9. The molecule has 1 saturated carbocycles. The van der Waals surface area contributed by atoms with Gasteiger partial charge in [-0.05, 0) is 58.3 Å². The highest BCUT2D eigenvalue weighted by atomic mass is 16.3. The van der Waals surface area contributed by atoms with Crippen LogP contribution in [0.4, 0.5) is 0 Å². The second-order valence-corrected chi connectivity index (χ2v) is 11.0. The summed E-state index contributed by atoms with van der Waals surface area (Å²) in [7, 11) is 0. The summed E-state index contributed by atoms with van der Waals surface area (Å²) in [4.78, 5) is 31.8. The van der Waals surface area contributed by atoms with Crippen LogP contribution in [0.2, 0.25) is 0 Å². The molecule has 0 bridgehead atoms. The molecule has 3 aliphatic rings. The summed E-state index contributed by atoms with van der Waals surface area (Å²) in [6.45, 7) is 10.5. The average Bonchev–Trinajstić information content (AvgIpc) is 3.21. The first-order chi connectivity index (χ1) is 16.8. The number of aliphatic hydroxyl groups excluding tert-OH is 1. The van der Waals surface area contributed by atoms with Crippen LogP contribution in [0.5, 0.6) is 0 Å². The topological polar surface area (TPSA) is 102 Å². The molecule has 1 aromatic rings. The molecule has 0 radical (unpaired) electrons. The van der Waals surface area contributed by atoms with Gasteiger partial charge in [0, 0.05) is 36.9 Å². The number of carbonyl (C=O) groups excluding carboxylic acids is 2. The number of aromatic nitrogens is 2. The van der Waals surface area contributed by atoms with Crippen LogP contribution < -0.4 is 5.32 Å². The molecule has 4 rings (SSSR count). The van der Waals surface area contributed by atoms with Crippen molar-refractivity contribution >= 4 is 11.8 Å². The number of aliphatic hydroxyl groups is 1. The number of hydrogen-bond acceptors (Lipinski definition) is 5. The van der Waals surface area contributed by atoms with Gasteiger partial charge in [-0.1, -0.05) is 39.5 Å². The number of amides is 2. The second-order valence-electron chi connectivity index (χ2n) is 11.0. The highest BCUT2D eigenvalue weighted by molar-refractivity contribution is 6.00. The number of likely N-dealkylation sites (tertiary alicyclic amines) is 1. The summed E-state index contributed by atoms with van der Waals surface area (Å²) in [5.74, 6) is -0.0664. The second kappa shape index (κ2) is 11.0. The summed E-state index contributed by atoms with van der Waals surface area (Å²) in [5, 5.41) is 21.7. The predicted octanol–water partition coefficient (Wildman–Crippen LogP) is 3.38. The average molecular weight is 488 g/mol. The molecule has 1 aromatic heterocycles. The standard InChI is InChI=1S/C27H45N5O3/c1-5-7-15-32-25(34)23(24(33)20-11-9-8-10-12-20)28-26(35)27(32)13-16-31(17-14-27)21(6-2)22-18(3)29-30-19(22)4/h20-21,23-24,33H,5-17H2,1-4H3,(H,28,35)(H,29,30)/t21?,23-,24-/m1/s1. The van der Waals surface area contributed by atoms with Crippen LogP contribution in [0.3, 0.4) is 0 Å². The Morgan fingerprint density at radius 2 is 1.80 bits per heavy atom. The van der Waals surface area contributed by atoms with E-state index < -0.39 is 17.7 Å². The highest BCUT2D eigenvalue weighted by Gasteiger charge is 2.55. The molecule has 2 amide bonds. The number of nitrogens with zero attached hydrogens (tertiary/aromatic N) is 3. The zero-order valence-electron chi connectivity index (χ0n) is 22.1. The van der Waals surface area contributed by atoms with Gasteiger partial charge in [0.1, 0.15) is 11.6 Å². The van der Waals surface area contributed by atoms with Crippen molar-refractivity contribution in [1.29, 1.82) is 0 Å². The van der Waals surface area contributed by atoms with Gasteiger partial charge in [-0.15, -0.1) is 0 Å². The maximum absolute atomic E-state index is 13.8. The molecule has 3 atom stereocenters. The van der Waals surface area contributed by atoms with E-state index in [4.69, 9.17) is 0 Å². The van der Waals surface area contributed by atoms with Crippen molar-refractivity contribution in [2.24, 2.45) is 5.92 Å². The maximum atomic E-state index is 13.8. The van der Waals surface area contributed by atoms with Gasteiger partial charge >= 0.3 is 0 Å². The Morgan fingerprint density at radius 1 is 1.11 bits per heavy atom. The largest absolute Gasteiger partial charge is 0.390 e. The van der Waals surface area contributed by atoms with Crippen LogP contribution in [-0.2, 0) is 9.59 Å². The summed E-state index contributed by atoms with van der Waals surface area (Å²) < 4.78 is 0. The number of hydrogen-bond donors (Lipinski definition) is 3. The van der Waals surface area contributed by atoms with Gasteiger partial charge in [0.2, 0.25) is 11.8 Å². The zero-order valence-corrected chi connectivity index (χ0v) is 22.1. The van der Waals surface area contributed by atoms with E-state index in [-0.39, 0.29) is 23.8 Å². The molecule has 2 aliphatic heterocycles. The fraction of sp³-hybridized carbons (Fsp3) is 0.815. The minimum Gasteiger partial charge on any atom is -0.390 e. The molecule has 1 spiro atoms. The van der Waals surface area contributed by atoms with E-state index in [0.29, 0.717) is 19.4 Å². The van der Waals surface area contributed by atoms with Crippen LogP contribution in [0.1, 0.15) is 101 Å². The predicted molar refractivity (Wildman–Crippen MR) is 136 cm³/mol. The first kappa shape index (κ1) is 26.1. The molecule has 196 valence electrons. The third kappa shape index (κ3) is 4.88. The Hall–Kier alpha value is -1.93. The molecular weight excluding hydrogens is 442 g/mol. The van der Waals surface area contributed by atoms with E-state index in [0.717, 1.165) is 69.4 Å². The Bertz CT molecular complexity index is 866. The van der Waals surface area contributed by atoms with Crippen molar-refractivity contribution in [3.05, 3.63) is 17.0 Å². The molecule has 1 unspecified atom stereocenters. The van der Waals surface area contributed by atoms with Crippen LogP contribution in [-0.4, -0.2) is 74.2 Å². The number of nitrogens with one attached hydrogen (secondary N) is 2. The van der Waals surface area contributed by atoms with E-state index in [1.807, 2.05) is 11.8 Å². The molecular formula is C27H45N5O3. The lowest BCUT2D eigenvalue weighted by atomic mass is 9.77. The highest BCUT2D eigenvalue weighted by Crippen LogP contribution is 2.39. The summed E-state index contributed by atoms with van der Waals surface area (Å²) >= 11 is 0. The molecule has 1 aliphatic carbocycles. The van der Waals surface area contributed by atoms with Crippen molar-refractivity contribution in [2.45, 2.75) is 116 Å². The van der Waals surface area contributed by atoms with E-state index in [9.17, 15) is 14.7 Å². The van der Waals surface area contributed by atoms with Crippen LogP contribution in [0.25, 0.3) is 0 Å². The third-order valence-corrected chi connectivity index (χ3v) is 8.94. The SMILES string of the molecule is CCCCN1C(=O)[C@@H]([C@H](O)C2CCCCC2)NC(=O)C12CCN(C(CC)c1c(C)n[nH]c1C)CC2. The molecule has 3 N–H and O–H groups in total. The zero-order chi connectivity index (χ0) is 25.2. The quantitative estimate of drug-likeness (QED) is 0.522.